The Balaban J connectivity index is 1.04. The Morgan fingerprint density at radius 2 is 0.562 bits per heavy atom. The van der Waals surface area contributed by atoms with Crippen molar-refractivity contribution in [1.82, 2.24) is 9.13 Å². The van der Waals surface area contributed by atoms with Crippen LogP contribution < -0.4 is 26.2 Å². The molecule has 4 nitrogen and oxygen atoms in total. The van der Waals surface area contributed by atoms with E-state index in [9.17, 15) is 0 Å². The molecule has 0 saturated carbocycles. The van der Waals surface area contributed by atoms with Crippen molar-refractivity contribution in [3.8, 4) is 33.6 Å². The standard InChI is InChI=1S/C91H93BN4/c1-87(2,3)54-59-34-42-78-70(46-59)71-47-60(55-88(4,5)6)35-43-79(71)93(78)66-38-40-74-82(52-66)95(76-32-24-22-30-68(76)64-26-18-16-19-27-64)84-50-63(58-91(13,14)15)51-85-86(84)92(74)75-41-39-67(53-83(75)96(85)77-33-25-23-31-69(77)65-28-20-17-21-29-65)94-80-44-36-61(56-89(7,8)9)48-72(80)73-49-62(37-45-81(73)94)57-90(10,11)12/h16-53H,54-58H2,1-15H3. The van der Waals surface area contributed by atoms with Gasteiger partial charge in [-0.05, 0) is 212 Å². The minimum absolute atomic E-state index is 0.0224. The number of para-hydroxylation sites is 2. The maximum absolute atomic E-state index is 2.67. The molecule has 0 amide bonds. The van der Waals surface area contributed by atoms with E-state index >= 15 is 0 Å². The molecule has 0 atom stereocenters. The maximum Gasteiger partial charge on any atom is 0.252 e. The van der Waals surface area contributed by atoms with Gasteiger partial charge in [-0.3, -0.25) is 0 Å². The van der Waals surface area contributed by atoms with Gasteiger partial charge in [0.1, 0.15) is 0 Å². The van der Waals surface area contributed by atoms with Gasteiger partial charge in [-0.15, -0.1) is 0 Å². The smallest absolute Gasteiger partial charge is 0.252 e. The molecule has 11 aromatic carbocycles. The van der Waals surface area contributed by atoms with Crippen molar-refractivity contribution in [2.75, 3.05) is 9.80 Å². The highest BCUT2D eigenvalue weighted by atomic mass is 15.2. The molecule has 96 heavy (non-hydrogen) atoms. The molecule has 15 rings (SSSR count). The van der Waals surface area contributed by atoms with Gasteiger partial charge in [0, 0.05) is 66.8 Å². The van der Waals surface area contributed by atoms with Crippen molar-refractivity contribution in [3.63, 3.8) is 0 Å². The van der Waals surface area contributed by atoms with Crippen molar-refractivity contribution in [3.05, 3.63) is 258 Å². The Kier molecular flexibility index (Phi) is 15.2. The van der Waals surface area contributed by atoms with Gasteiger partial charge in [-0.25, -0.2) is 0 Å². The molecule has 5 heteroatoms. The lowest BCUT2D eigenvalue weighted by Gasteiger charge is -2.45. The van der Waals surface area contributed by atoms with E-state index in [1.54, 1.807) is 0 Å². The Labute approximate surface area is 571 Å². The molecule has 4 heterocycles. The van der Waals surface area contributed by atoms with Gasteiger partial charge in [0.15, 0.2) is 0 Å². The summed E-state index contributed by atoms with van der Waals surface area (Å²) in [4.78, 5) is 5.33. The molecule has 2 aromatic heterocycles. The fourth-order valence-corrected chi connectivity index (χ4v) is 16.3. The number of anilines is 6. The zero-order valence-electron chi connectivity index (χ0n) is 59.3. The van der Waals surface area contributed by atoms with E-state index in [-0.39, 0.29) is 33.8 Å². The molecule has 0 fully saturated rings. The van der Waals surface area contributed by atoms with Crippen LogP contribution in [0.5, 0.6) is 0 Å². The van der Waals surface area contributed by atoms with Crippen molar-refractivity contribution >= 4 is 101 Å². The molecule has 0 N–H and O–H groups in total. The minimum atomic E-state index is -0.136. The van der Waals surface area contributed by atoms with Gasteiger partial charge >= 0.3 is 0 Å². The predicted octanol–water partition coefficient (Wildman–Crippen LogP) is 23.2. The minimum Gasteiger partial charge on any atom is -0.311 e. The van der Waals surface area contributed by atoms with Crippen LogP contribution in [0.4, 0.5) is 34.1 Å². The molecule has 0 bridgehead atoms. The van der Waals surface area contributed by atoms with E-state index in [1.165, 1.54) is 133 Å². The molecule has 0 saturated heterocycles. The highest BCUT2D eigenvalue weighted by Crippen LogP contribution is 2.51. The van der Waals surface area contributed by atoms with E-state index in [0.29, 0.717) is 0 Å². The highest BCUT2D eigenvalue weighted by Gasteiger charge is 2.45. The molecule has 13 aromatic rings. The fraction of sp³-hybridized carbons (Fsp3) is 0.275. The van der Waals surface area contributed by atoms with Crippen LogP contribution in [0.1, 0.15) is 132 Å². The molecule has 2 aliphatic rings. The van der Waals surface area contributed by atoms with Crippen LogP contribution in [-0.2, 0) is 32.1 Å². The van der Waals surface area contributed by atoms with Crippen LogP contribution in [0.25, 0.3) is 77.2 Å². The van der Waals surface area contributed by atoms with Gasteiger partial charge in [-0.1, -0.05) is 237 Å². The monoisotopic (exact) mass is 1250 g/mol. The number of nitrogens with zero attached hydrogens (tertiary/aromatic N) is 4. The summed E-state index contributed by atoms with van der Waals surface area (Å²) in [5, 5.41) is 5.22. The lowest BCUT2D eigenvalue weighted by Crippen LogP contribution is -2.61. The first-order valence-electron chi connectivity index (χ1n) is 35.1. The Morgan fingerprint density at radius 1 is 0.260 bits per heavy atom. The largest absolute Gasteiger partial charge is 0.311 e. The molecule has 2 aliphatic heterocycles. The summed E-state index contributed by atoms with van der Waals surface area (Å²) in [7, 11) is 0. The molecule has 0 spiro atoms. The summed E-state index contributed by atoms with van der Waals surface area (Å²) >= 11 is 0. The summed E-state index contributed by atoms with van der Waals surface area (Å²) in [6, 6.07) is 89.7. The molecular formula is C91H93BN4. The molecule has 0 aliphatic carbocycles. The van der Waals surface area contributed by atoms with E-state index in [2.05, 4.69) is 353 Å². The van der Waals surface area contributed by atoms with Crippen LogP contribution >= 0.6 is 0 Å². The van der Waals surface area contributed by atoms with Crippen LogP contribution in [-0.4, -0.2) is 15.8 Å². The summed E-state index contributed by atoms with van der Waals surface area (Å²) < 4.78 is 5.14. The zero-order chi connectivity index (χ0) is 67.0. The third-order valence-electron chi connectivity index (χ3n) is 19.5. The van der Waals surface area contributed by atoms with Crippen LogP contribution in [0, 0.1) is 27.1 Å². The van der Waals surface area contributed by atoms with Crippen LogP contribution in [0.15, 0.2) is 231 Å². The van der Waals surface area contributed by atoms with E-state index < -0.39 is 0 Å². The van der Waals surface area contributed by atoms with Crippen molar-refractivity contribution in [2.24, 2.45) is 27.1 Å². The van der Waals surface area contributed by atoms with Crippen molar-refractivity contribution in [1.29, 1.82) is 0 Å². The van der Waals surface area contributed by atoms with Crippen molar-refractivity contribution in [2.45, 2.75) is 136 Å². The average molecular weight is 1250 g/mol. The summed E-state index contributed by atoms with van der Waals surface area (Å²) in [5.74, 6) is 0. The van der Waals surface area contributed by atoms with E-state index in [0.717, 1.165) is 54.9 Å². The van der Waals surface area contributed by atoms with Gasteiger partial charge in [0.2, 0.25) is 0 Å². The van der Waals surface area contributed by atoms with E-state index in [4.69, 9.17) is 0 Å². The number of benzene rings is 11. The Morgan fingerprint density at radius 3 is 0.885 bits per heavy atom. The number of hydrogen-bond acceptors (Lipinski definition) is 2. The summed E-state index contributed by atoms with van der Waals surface area (Å²) in [5.41, 5.74) is 30.2. The number of fused-ring (bicyclic) bond motifs is 10. The second-order valence-corrected chi connectivity index (χ2v) is 34.2. The quantitative estimate of drug-likeness (QED) is 0.120. The topological polar surface area (TPSA) is 16.3 Å². The molecule has 0 unspecified atom stereocenters. The highest BCUT2D eigenvalue weighted by molar-refractivity contribution is 7.00. The Bertz CT molecular complexity index is 4720. The third kappa shape index (κ3) is 11.9. The lowest BCUT2D eigenvalue weighted by molar-refractivity contribution is 0.411. The molecular weight excluding hydrogens is 1160 g/mol. The van der Waals surface area contributed by atoms with Gasteiger partial charge < -0.3 is 18.9 Å². The second kappa shape index (κ2) is 23.2. The molecule has 480 valence electrons. The van der Waals surface area contributed by atoms with Crippen LogP contribution in [0.2, 0.25) is 0 Å². The maximum atomic E-state index is 2.67. The Hall–Kier alpha value is -9.32. The predicted molar refractivity (Wildman–Crippen MR) is 416 cm³/mol. The van der Waals surface area contributed by atoms with Gasteiger partial charge in [0.25, 0.3) is 6.71 Å². The second-order valence-electron chi connectivity index (χ2n) is 34.2. The first kappa shape index (κ1) is 62.8. The fourth-order valence-electron chi connectivity index (χ4n) is 16.3. The third-order valence-corrected chi connectivity index (χ3v) is 19.5. The lowest BCUT2D eigenvalue weighted by atomic mass is 9.33. The van der Waals surface area contributed by atoms with Gasteiger partial charge in [0.05, 0.1) is 33.4 Å². The van der Waals surface area contributed by atoms with Crippen molar-refractivity contribution < 1.29 is 0 Å². The number of rotatable bonds is 11. The summed E-state index contributed by atoms with van der Waals surface area (Å²) in [6.45, 7) is 35.3. The number of hydrogen-bond donors (Lipinski definition) is 0. The first-order chi connectivity index (χ1) is 45.7. The zero-order valence-corrected chi connectivity index (χ0v) is 59.3. The SMILES string of the molecule is CC(C)(C)Cc1cc2c3c(c1)N(c1ccccc1-c1ccccc1)c1cc(-n4c5ccc(CC(C)(C)C)cc5c5cc(CC(C)(C)C)ccc54)ccc1B3c1ccc(-n3c4ccc(CC(C)(C)C)cc4c4cc(CC(C)(C)C)ccc43)cc1N2c1ccccc1-c1ccccc1. The molecule has 0 radical (unpaired) electrons. The normalized spacial score (nSPS) is 13.5. The van der Waals surface area contributed by atoms with Gasteiger partial charge in [-0.2, -0.15) is 0 Å². The average Bonchev–Trinajstić information content (AvgIpc) is 0.767. The summed E-state index contributed by atoms with van der Waals surface area (Å²) in [6.07, 6.45) is 4.88. The number of aromatic nitrogens is 2. The first-order valence-corrected chi connectivity index (χ1v) is 35.1. The van der Waals surface area contributed by atoms with E-state index in [1.807, 2.05) is 0 Å². The van der Waals surface area contributed by atoms with Crippen LogP contribution in [0.3, 0.4) is 0 Å².